The van der Waals surface area contributed by atoms with Crippen LogP contribution in [0.2, 0.25) is 0 Å². The Morgan fingerprint density at radius 2 is 2.10 bits per heavy atom. The number of ether oxygens (including phenoxy) is 1. The summed E-state index contributed by atoms with van der Waals surface area (Å²) in [4.78, 5) is 16.0. The first-order valence-electron chi connectivity index (χ1n) is 7.03. The Morgan fingerprint density at radius 3 is 2.86 bits per heavy atom. The minimum Gasteiger partial charge on any atom is -0.496 e. The molecule has 1 saturated heterocycles. The van der Waals surface area contributed by atoms with Gasteiger partial charge in [0.25, 0.3) is 0 Å². The van der Waals surface area contributed by atoms with Gasteiger partial charge in [-0.25, -0.2) is 0 Å². The molecule has 1 amide bonds. The zero-order valence-corrected chi connectivity index (χ0v) is 12.0. The van der Waals surface area contributed by atoms with Crippen molar-refractivity contribution in [2.75, 3.05) is 20.2 Å². The molecule has 1 atom stereocenters. The summed E-state index contributed by atoms with van der Waals surface area (Å²) in [5.41, 5.74) is 0.922. The molecular formula is C15H18N4O2. The Balaban J connectivity index is 1.64. The van der Waals surface area contributed by atoms with Gasteiger partial charge in [-0.1, -0.05) is 18.2 Å². The molecule has 0 saturated carbocycles. The predicted octanol–water partition coefficient (Wildman–Crippen LogP) is 1.30. The van der Waals surface area contributed by atoms with Crippen molar-refractivity contribution in [1.29, 1.82) is 0 Å². The van der Waals surface area contributed by atoms with E-state index >= 15 is 0 Å². The largest absolute Gasteiger partial charge is 0.496 e. The van der Waals surface area contributed by atoms with Crippen molar-refractivity contribution >= 4 is 5.91 Å². The molecule has 3 rings (SSSR count). The van der Waals surface area contributed by atoms with E-state index in [4.69, 9.17) is 4.74 Å². The average molecular weight is 286 g/mol. The maximum atomic E-state index is 12.4. The van der Waals surface area contributed by atoms with Crippen molar-refractivity contribution in [2.45, 2.75) is 18.9 Å². The molecule has 1 unspecified atom stereocenters. The van der Waals surface area contributed by atoms with Gasteiger partial charge < -0.3 is 9.64 Å². The lowest BCUT2D eigenvalue weighted by atomic mass is 10.1. The monoisotopic (exact) mass is 286 g/mol. The number of hydrogen-bond acceptors (Lipinski definition) is 4. The van der Waals surface area contributed by atoms with Crippen LogP contribution in [0.25, 0.3) is 0 Å². The highest BCUT2D eigenvalue weighted by molar-refractivity contribution is 5.79. The first-order valence-corrected chi connectivity index (χ1v) is 7.03. The van der Waals surface area contributed by atoms with Gasteiger partial charge in [0.05, 0.1) is 32.0 Å². The van der Waals surface area contributed by atoms with Crippen LogP contribution in [0.1, 0.15) is 18.0 Å². The van der Waals surface area contributed by atoms with E-state index in [1.807, 2.05) is 29.2 Å². The Bertz CT molecular complexity index is 612. The Morgan fingerprint density at radius 1 is 1.33 bits per heavy atom. The van der Waals surface area contributed by atoms with Crippen LogP contribution < -0.4 is 4.74 Å². The average Bonchev–Trinajstić information content (AvgIpc) is 3.18. The third-order valence-corrected chi connectivity index (χ3v) is 3.81. The highest BCUT2D eigenvalue weighted by Gasteiger charge is 2.28. The summed E-state index contributed by atoms with van der Waals surface area (Å²) in [5.74, 6) is 0.879. The summed E-state index contributed by atoms with van der Waals surface area (Å²) in [6.07, 6.45) is 4.59. The molecule has 0 N–H and O–H groups in total. The van der Waals surface area contributed by atoms with E-state index in [-0.39, 0.29) is 11.9 Å². The number of hydrogen-bond donors (Lipinski definition) is 0. The lowest BCUT2D eigenvalue weighted by Crippen LogP contribution is -2.30. The molecule has 2 heterocycles. The zero-order chi connectivity index (χ0) is 14.7. The van der Waals surface area contributed by atoms with Gasteiger partial charge in [0.15, 0.2) is 0 Å². The second-order valence-corrected chi connectivity index (χ2v) is 5.12. The first kappa shape index (κ1) is 13.6. The van der Waals surface area contributed by atoms with E-state index < -0.39 is 0 Å². The first-order chi connectivity index (χ1) is 10.3. The van der Waals surface area contributed by atoms with Crippen LogP contribution in [0, 0.1) is 0 Å². The highest BCUT2D eigenvalue weighted by Crippen LogP contribution is 2.23. The number of likely N-dealkylation sites (tertiary alicyclic amines) is 1. The van der Waals surface area contributed by atoms with E-state index in [2.05, 4.69) is 10.2 Å². The summed E-state index contributed by atoms with van der Waals surface area (Å²) < 4.78 is 5.29. The Labute approximate surface area is 123 Å². The molecular weight excluding hydrogens is 268 g/mol. The van der Waals surface area contributed by atoms with Crippen LogP contribution in [0.15, 0.2) is 36.7 Å². The van der Waals surface area contributed by atoms with Gasteiger partial charge in [0.1, 0.15) is 5.75 Å². The summed E-state index contributed by atoms with van der Waals surface area (Å²) in [7, 11) is 1.62. The van der Waals surface area contributed by atoms with Crippen LogP contribution in [0.5, 0.6) is 5.75 Å². The highest BCUT2D eigenvalue weighted by atomic mass is 16.5. The number of para-hydroxylation sites is 1. The molecule has 1 aromatic carbocycles. The fourth-order valence-electron chi connectivity index (χ4n) is 2.70. The smallest absolute Gasteiger partial charge is 0.227 e. The van der Waals surface area contributed by atoms with Gasteiger partial charge >= 0.3 is 0 Å². The van der Waals surface area contributed by atoms with E-state index in [1.165, 1.54) is 0 Å². The summed E-state index contributed by atoms with van der Waals surface area (Å²) in [5, 5.41) is 8.30. The van der Waals surface area contributed by atoms with Crippen molar-refractivity contribution in [3.63, 3.8) is 0 Å². The van der Waals surface area contributed by atoms with Crippen LogP contribution in [0.3, 0.4) is 0 Å². The molecule has 0 radical (unpaired) electrons. The van der Waals surface area contributed by atoms with Crippen molar-refractivity contribution < 1.29 is 9.53 Å². The normalized spacial score (nSPS) is 18.0. The number of carbonyl (C=O) groups excluding carboxylic acids is 1. The number of benzene rings is 1. The van der Waals surface area contributed by atoms with Crippen LogP contribution in [-0.4, -0.2) is 46.0 Å². The van der Waals surface area contributed by atoms with E-state index in [0.29, 0.717) is 13.0 Å². The quantitative estimate of drug-likeness (QED) is 0.850. The second kappa shape index (κ2) is 5.95. The van der Waals surface area contributed by atoms with Gasteiger partial charge in [-0.3, -0.25) is 4.79 Å². The molecule has 21 heavy (non-hydrogen) atoms. The van der Waals surface area contributed by atoms with Crippen molar-refractivity contribution in [3.05, 3.63) is 42.2 Å². The number of carbonyl (C=O) groups is 1. The van der Waals surface area contributed by atoms with Gasteiger partial charge in [-0.2, -0.15) is 15.0 Å². The maximum absolute atomic E-state index is 12.4. The maximum Gasteiger partial charge on any atom is 0.227 e. The molecule has 1 aliphatic heterocycles. The minimum atomic E-state index is 0.120. The van der Waals surface area contributed by atoms with E-state index in [0.717, 1.165) is 24.3 Å². The second-order valence-electron chi connectivity index (χ2n) is 5.12. The number of aromatic nitrogens is 3. The predicted molar refractivity (Wildman–Crippen MR) is 77.0 cm³/mol. The molecule has 110 valence electrons. The fourth-order valence-corrected chi connectivity index (χ4v) is 2.70. The van der Waals surface area contributed by atoms with Gasteiger partial charge in [0.2, 0.25) is 5.91 Å². The molecule has 6 heteroatoms. The Kier molecular flexibility index (Phi) is 3.85. The van der Waals surface area contributed by atoms with Crippen molar-refractivity contribution in [2.24, 2.45) is 0 Å². The standard InChI is InChI=1S/C15H18N4O2/c1-21-14-5-3-2-4-12(14)10-15(20)18-9-6-13(11-18)19-16-7-8-17-19/h2-5,7-8,13H,6,9-11H2,1H3. The van der Waals surface area contributed by atoms with Gasteiger partial charge in [-0.05, 0) is 12.5 Å². The van der Waals surface area contributed by atoms with E-state index in [9.17, 15) is 4.79 Å². The Hall–Kier alpha value is -2.37. The molecule has 2 aromatic rings. The molecule has 0 bridgehead atoms. The third-order valence-electron chi connectivity index (χ3n) is 3.81. The molecule has 0 aliphatic carbocycles. The van der Waals surface area contributed by atoms with Gasteiger partial charge in [0, 0.05) is 18.7 Å². The molecule has 1 aliphatic rings. The topological polar surface area (TPSA) is 60.2 Å². The molecule has 1 fully saturated rings. The molecule has 1 aromatic heterocycles. The van der Waals surface area contributed by atoms with E-state index in [1.54, 1.807) is 24.3 Å². The number of nitrogens with zero attached hydrogens (tertiary/aromatic N) is 4. The van der Waals surface area contributed by atoms with Crippen LogP contribution >= 0.6 is 0 Å². The lowest BCUT2D eigenvalue weighted by molar-refractivity contribution is -0.129. The minimum absolute atomic E-state index is 0.120. The van der Waals surface area contributed by atoms with Gasteiger partial charge in [-0.15, -0.1) is 0 Å². The SMILES string of the molecule is COc1ccccc1CC(=O)N1CCC(n2nccn2)C1. The number of amides is 1. The summed E-state index contributed by atoms with van der Waals surface area (Å²) in [6.45, 7) is 1.42. The molecule has 0 spiro atoms. The number of methoxy groups -OCH3 is 1. The number of rotatable bonds is 4. The summed E-state index contributed by atoms with van der Waals surface area (Å²) >= 11 is 0. The lowest BCUT2D eigenvalue weighted by Gasteiger charge is -2.17. The summed E-state index contributed by atoms with van der Waals surface area (Å²) in [6, 6.07) is 7.82. The van der Waals surface area contributed by atoms with Crippen molar-refractivity contribution in [3.8, 4) is 5.75 Å². The van der Waals surface area contributed by atoms with Crippen LogP contribution in [0.4, 0.5) is 0 Å². The zero-order valence-electron chi connectivity index (χ0n) is 12.0. The third kappa shape index (κ3) is 2.89. The molecule has 6 nitrogen and oxygen atoms in total. The fraction of sp³-hybridized carbons (Fsp3) is 0.400. The van der Waals surface area contributed by atoms with Crippen LogP contribution in [-0.2, 0) is 11.2 Å². The van der Waals surface area contributed by atoms with Crippen molar-refractivity contribution in [1.82, 2.24) is 19.9 Å².